The van der Waals surface area contributed by atoms with E-state index < -0.39 is 45.4 Å². The number of amides is 1. The number of hydrogen-bond acceptors (Lipinski definition) is 4. The van der Waals surface area contributed by atoms with E-state index in [0.717, 1.165) is 4.68 Å². The Bertz CT molecular complexity index is 1240. The van der Waals surface area contributed by atoms with Crippen LogP contribution in [0.3, 0.4) is 0 Å². The smallest absolute Gasteiger partial charge is 0.411 e. The van der Waals surface area contributed by atoms with Gasteiger partial charge in [0.25, 0.3) is 5.56 Å². The topological polar surface area (TPSA) is 93.2 Å². The fourth-order valence-corrected chi connectivity index (χ4v) is 4.78. The summed E-state index contributed by atoms with van der Waals surface area (Å²) in [5, 5.41) is 4.91. The number of aryl methyl sites for hydroxylation is 1. The predicted octanol–water partition coefficient (Wildman–Crippen LogP) is 3.06. The van der Waals surface area contributed by atoms with Gasteiger partial charge in [-0.2, -0.15) is 13.2 Å². The summed E-state index contributed by atoms with van der Waals surface area (Å²) in [6.07, 6.45) is -5.29. The molecule has 10 heteroatoms. The van der Waals surface area contributed by atoms with E-state index in [2.05, 4.69) is 10.4 Å². The van der Waals surface area contributed by atoms with Crippen molar-refractivity contribution in [3.8, 4) is 11.4 Å². The number of aromatic nitrogens is 2. The minimum Gasteiger partial charge on any atom is -0.497 e. The molecule has 2 aliphatic rings. The van der Waals surface area contributed by atoms with Crippen LogP contribution in [0.2, 0.25) is 0 Å². The first-order valence-corrected chi connectivity index (χ1v) is 9.95. The largest absolute Gasteiger partial charge is 0.497 e. The van der Waals surface area contributed by atoms with Crippen LogP contribution < -0.4 is 15.6 Å². The molecule has 2 aromatic rings. The van der Waals surface area contributed by atoms with Crippen LogP contribution in [0.15, 0.2) is 40.3 Å². The summed E-state index contributed by atoms with van der Waals surface area (Å²) in [7, 11) is 1.42. The van der Waals surface area contributed by atoms with Gasteiger partial charge < -0.3 is 10.1 Å². The van der Waals surface area contributed by atoms with E-state index >= 15 is 0 Å². The molecule has 0 fully saturated rings. The average Bonchev–Trinajstić information content (AvgIpc) is 3.13. The highest BCUT2D eigenvalue weighted by Gasteiger charge is 2.71. The van der Waals surface area contributed by atoms with Crippen LogP contribution in [0.5, 0.6) is 5.75 Å². The van der Waals surface area contributed by atoms with Crippen LogP contribution in [0, 0.1) is 12.3 Å². The zero-order valence-electron chi connectivity index (χ0n) is 17.9. The summed E-state index contributed by atoms with van der Waals surface area (Å²) in [6, 6.07) is 6.17. The number of alkyl halides is 3. The quantitative estimate of drug-likeness (QED) is 0.753. The second-order valence-corrected chi connectivity index (χ2v) is 8.95. The molecule has 7 nitrogen and oxygen atoms in total. The van der Waals surface area contributed by atoms with E-state index in [4.69, 9.17) is 4.74 Å². The van der Waals surface area contributed by atoms with Crippen molar-refractivity contribution in [2.45, 2.75) is 45.2 Å². The number of benzene rings is 1. The zero-order chi connectivity index (χ0) is 23.6. The van der Waals surface area contributed by atoms with Gasteiger partial charge in [-0.15, -0.1) is 0 Å². The second kappa shape index (κ2) is 6.85. The van der Waals surface area contributed by atoms with Crippen molar-refractivity contribution in [3.05, 3.63) is 57.1 Å². The SMILES string of the molecule is COc1cccc(-n2[nH]c(C)c(C3(C(F)(F)F)C(=O)NC4=C3C(=O)CC(C)(C)C4)c2=O)c1. The Hall–Kier alpha value is -3.30. The molecule has 1 aromatic heterocycles. The van der Waals surface area contributed by atoms with Crippen LogP contribution in [-0.2, 0) is 15.0 Å². The molecular formula is C22H22F3N3O4. The van der Waals surface area contributed by atoms with E-state index in [-0.39, 0.29) is 29.9 Å². The molecule has 0 radical (unpaired) electrons. The standard InChI is InChI=1S/C22H22F3N3O4/c1-11-16(18(30)28(27-11)12-6-5-7-13(8-12)32-4)21(22(23,24)25)17-14(26-19(21)31)9-20(2,3)10-15(17)29/h5-8,27H,9-10H2,1-4H3,(H,26,31). The summed E-state index contributed by atoms with van der Waals surface area (Å²) in [6.45, 7) is 4.77. The molecule has 4 rings (SSSR count). The molecule has 170 valence electrons. The second-order valence-electron chi connectivity index (χ2n) is 8.95. The first-order valence-electron chi connectivity index (χ1n) is 9.95. The van der Waals surface area contributed by atoms with E-state index in [1.54, 1.807) is 26.0 Å². The number of methoxy groups -OCH3 is 1. The van der Waals surface area contributed by atoms with Gasteiger partial charge in [0.05, 0.1) is 18.4 Å². The fraction of sp³-hybridized carbons (Fsp3) is 0.409. The molecule has 0 bridgehead atoms. The number of halogens is 3. The van der Waals surface area contributed by atoms with Crippen LogP contribution in [0.1, 0.15) is 37.9 Å². The number of aromatic amines is 1. The van der Waals surface area contributed by atoms with Gasteiger partial charge in [-0.1, -0.05) is 19.9 Å². The van der Waals surface area contributed by atoms with Crippen LogP contribution in [0.25, 0.3) is 5.69 Å². The van der Waals surface area contributed by atoms with Gasteiger partial charge in [-0.25, -0.2) is 4.68 Å². The van der Waals surface area contributed by atoms with Crippen molar-refractivity contribution >= 4 is 11.7 Å². The maximum Gasteiger partial charge on any atom is 0.411 e. The number of nitrogens with one attached hydrogen (secondary N) is 2. The van der Waals surface area contributed by atoms with Gasteiger partial charge in [0.15, 0.2) is 5.78 Å². The molecule has 2 N–H and O–H groups in total. The molecule has 0 saturated heterocycles. The van der Waals surface area contributed by atoms with Gasteiger partial charge >= 0.3 is 6.18 Å². The third-order valence-electron chi connectivity index (χ3n) is 6.04. The normalized spacial score (nSPS) is 22.7. The zero-order valence-corrected chi connectivity index (χ0v) is 17.9. The highest BCUT2D eigenvalue weighted by molar-refractivity contribution is 6.13. The van der Waals surface area contributed by atoms with Crippen LogP contribution in [0.4, 0.5) is 13.2 Å². The summed E-state index contributed by atoms with van der Waals surface area (Å²) < 4.78 is 50.3. The number of carbonyl (C=O) groups is 2. The highest BCUT2D eigenvalue weighted by atomic mass is 19.4. The van der Waals surface area contributed by atoms with Crippen molar-refractivity contribution in [3.63, 3.8) is 0 Å². The number of carbonyl (C=O) groups excluding carboxylic acids is 2. The molecular weight excluding hydrogens is 427 g/mol. The summed E-state index contributed by atoms with van der Waals surface area (Å²) in [5.74, 6) is -1.83. The third-order valence-corrected chi connectivity index (χ3v) is 6.04. The van der Waals surface area contributed by atoms with Crippen molar-refractivity contribution in [1.82, 2.24) is 15.1 Å². The molecule has 1 aliphatic heterocycles. The first kappa shape index (κ1) is 21.9. The fourth-order valence-electron chi connectivity index (χ4n) is 4.78. The predicted molar refractivity (Wildman–Crippen MR) is 109 cm³/mol. The molecule has 1 aromatic carbocycles. The molecule has 32 heavy (non-hydrogen) atoms. The molecule has 1 aliphatic carbocycles. The van der Waals surface area contributed by atoms with Crippen molar-refractivity contribution in [1.29, 1.82) is 0 Å². The molecule has 2 heterocycles. The molecule has 0 spiro atoms. The van der Waals surface area contributed by atoms with E-state index in [1.807, 2.05) is 0 Å². The Labute approximate surface area is 181 Å². The average molecular weight is 449 g/mol. The Morgan fingerprint density at radius 2 is 1.81 bits per heavy atom. The minimum absolute atomic E-state index is 0.0681. The number of ether oxygens (including phenoxy) is 1. The number of ketones is 1. The van der Waals surface area contributed by atoms with Crippen molar-refractivity contribution in [2.75, 3.05) is 7.11 Å². The lowest BCUT2D eigenvalue weighted by Crippen LogP contribution is -2.54. The number of nitrogens with zero attached hydrogens (tertiary/aromatic N) is 1. The summed E-state index contributed by atoms with van der Waals surface area (Å²) >= 11 is 0. The third kappa shape index (κ3) is 2.92. The van der Waals surface area contributed by atoms with Crippen molar-refractivity contribution in [2.24, 2.45) is 5.41 Å². The van der Waals surface area contributed by atoms with Gasteiger partial charge in [-0.05, 0) is 30.9 Å². The maximum atomic E-state index is 14.7. The maximum absolute atomic E-state index is 14.7. The Balaban J connectivity index is 2.03. The van der Waals surface area contributed by atoms with Crippen LogP contribution >= 0.6 is 0 Å². The first-order chi connectivity index (χ1) is 14.8. The molecule has 1 amide bonds. The Morgan fingerprint density at radius 1 is 1.12 bits per heavy atom. The number of H-pyrrole nitrogens is 1. The van der Waals surface area contributed by atoms with Gasteiger partial charge in [0.2, 0.25) is 11.3 Å². The van der Waals surface area contributed by atoms with Gasteiger partial charge in [0, 0.05) is 29.5 Å². The molecule has 1 atom stereocenters. The lowest BCUT2D eigenvalue weighted by atomic mass is 9.66. The molecule has 1 unspecified atom stereocenters. The number of hydrogen-bond donors (Lipinski definition) is 2. The highest BCUT2D eigenvalue weighted by Crippen LogP contribution is 2.54. The van der Waals surface area contributed by atoms with Crippen molar-refractivity contribution < 1.29 is 27.5 Å². The van der Waals surface area contributed by atoms with E-state index in [0.29, 0.717) is 5.75 Å². The molecule has 0 saturated carbocycles. The van der Waals surface area contributed by atoms with E-state index in [1.165, 1.54) is 26.2 Å². The summed E-state index contributed by atoms with van der Waals surface area (Å²) in [4.78, 5) is 39.3. The Morgan fingerprint density at radius 3 is 2.44 bits per heavy atom. The summed E-state index contributed by atoms with van der Waals surface area (Å²) in [5.41, 5.74) is -6.52. The Kier molecular flexibility index (Phi) is 4.69. The van der Waals surface area contributed by atoms with Crippen LogP contribution in [-0.4, -0.2) is 34.8 Å². The number of Topliss-reactive ketones (excluding diaryl/α,β-unsaturated/α-hetero) is 1. The van der Waals surface area contributed by atoms with E-state index in [9.17, 15) is 27.6 Å². The number of rotatable bonds is 3. The lowest BCUT2D eigenvalue weighted by molar-refractivity contribution is -0.185. The van der Waals surface area contributed by atoms with Gasteiger partial charge in [-0.3, -0.25) is 19.5 Å². The lowest BCUT2D eigenvalue weighted by Gasteiger charge is -2.34. The number of allylic oxidation sites excluding steroid dienone is 1. The minimum atomic E-state index is -5.22. The van der Waals surface area contributed by atoms with Gasteiger partial charge in [0.1, 0.15) is 5.75 Å². The monoisotopic (exact) mass is 449 g/mol.